The highest BCUT2D eigenvalue weighted by atomic mass is 35.5. The van der Waals surface area contributed by atoms with E-state index in [0.29, 0.717) is 23.1 Å². The smallest absolute Gasteiger partial charge is 0.302 e. The van der Waals surface area contributed by atoms with Crippen LogP contribution in [0.4, 0.5) is 0 Å². The van der Waals surface area contributed by atoms with E-state index in [1.165, 1.54) is 13.8 Å². The van der Waals surface area contributed by atoms with Crippen LogP contribution < -0.4 is 4.57 Å². The monoisotopic (exact) mass is 373 g/mol. The SMILES string of the molecule is CC(=O)OCCn1c(C)[n+](CCOC(C)=O)c2cc(Cl)c(Cl)cc21. The fourth-order valence-corrected chi connectivity index (χ4v) is 2.89. The molecule has 0 amide bonds. The number of nitrogens with zero attached hydrogens (tertiary/aromatic N) is 2. The molecule has 0 spiro atoms. The Hall–Kier alpha value is -1.79. The molecule has 0 N–H and O–H groups in total. The molecule has 0 radical (unpaired) electrons. The van der Waals surface area contributed by atoms with Gasteiger partial charge in [0.2, 0.25) is 0 Å². The molecular weight excluding hydrogens is 355 g/mol. The van der Waals surface area contributed by atoms with Crippen LogP contribution in [0.3, 0.4) is 0 Å². The molecule has 0 aliphatic carbocycles. The zero-order valence-corrected chi connectivity index (χ0v) is 15.3. The number of benzene rings is 1. The maximum atomic E-state index is 11.0. The van der Waals surface area contributed by atoms with Crippen molar-refractivity contribution in [2.24, 2.45) is 0 Å². The topological polar surface area (TPSA) is 61.4 Å². The molecule has 1 aromatic carbocycles. The summed E-state index contributed by atoms with van der Waals surface area (Å²) in [5, 5.41) is 0.894. The Labute approximate surface area is 149 Å². The average Bonchev–Trinajstić information content (AvgIpc) is 2.72. The molecule has 2 aromatic rings. The fraction of sp³-hybridized carbons (Fsp3) is 0.438. The van der Waals surface area contributed by atoms with Crippen molar-refractivity contribution in [2.75, 3.05) is 13.2 Å². The van der Waals surface area contributed by atoms with E-state index in [1.54, 1.807) is 12.1 Å². The third-order valence-electron chi connectivity index (χ3n) is 3.62. The first-order valence-corrected chi connectivity index (χ1v) is 8.21. The van der Waals surface area contributed by atoms with Crippen LogP contribution in [0, 0.1) is 6.92 Å². The van der Waals surface area contributed by atoms with Crippen molar-refractivity contribution in [3.05, 3.63) is 28.0 Å². The predicted octanol–water partition coefficient (Wildman–Crippen LogP) is 2.67. The number of imidazole rings is 1. The summed E-state index contributed by atoms with van der Waals surface area (Å²) in [6.07, 6.45) is 0. The first kappa shape index (κ1) is 18.5. The number of hydrogen-bond acceptors (Lipinski definition) is 4. The number of fused-ring (bicyclic) bond motifs is 1. The van der Waals surface area contributed by atoms with Gasteiger partial charge >= 0.3 is 11.9 Å². The van der Waals surface area contributed by atoms with Crippen molar-refractivity contribution in [2.45, 2.75) is 33.9 Å². The molecule has 8 heteroatoms. The van der Waals surface area contributed by atoms with Gasteiger partial charge in [0.15, 0.2) is 11.0 Å². The van der Waals surface area contributed by atoms with E-state index < -0.39 is 0 Å². The molecule has 1 aromatic heterocycles. The van der Waals surface area contributed by atoms with Gasteiger partial charge in [0.25, 0.3) is 5.82 Å². The summed E-state index contributed by atoms with van der Waals surface area (Å²) in [6, 6.07) is 3.56. The molecule has 2 rings (SSSR count). The number of halogens is 2. The molecule has 24 heavy (non-hydrogen) atoms. The highest BCUT2D eigenvalue weighted by Gasteiger charge is 2.23. The summed E-state index contributed by atoms with van der Waals surface area (Å²) >= 11 is 12.3. The summed E-state index contributed by atoms with van der Waals surface area (Å²) in [7, 11) is 0. The minimum atomic E-state index is -0.326. The van der Waals surface area contributed by atoms with Gasteiger partial charge in [-0.15, -0.1) is 0 Å². The van der Waals surface area contributed by atoms with Crippen LogP contribution in [0.5, 0.6) is 0 Å². The Kier molecular flexibility index (Phi) is 6.07. The van der Waals surface area contributed by atoms with Crippen molar-refractivity contribution >= 4 is 46.2 Å². The average molecular weight is 374 g/mol. The predicted molar refractivity (Wildman–Crippen MR) is 90.2 cm³/mol. The van der Waals surface area contributed by atoms with Gasteiger partial charge in [0, 0.05) is 32.9 Å². The van der Waals surface area contributed by atoms with E-state index in [9.17, 15) is 9.59 Å². The van der Waals surface area contributed by atoms with Gasteiger partial charge in [0.05, 0.1) is 10.0 Å². The standard InChI is InChI=1S/C16H19Cl2N2O4/c1-10-19(4-6-23-11(2)21)15-8-13(17)14(18)9-16(15)20(10)5-7-24-12(3)22/h8-9H,4-7H2,1-3H3/q+1. The summed E-state index contributed by atoms with van der Waals surface area (Å²) in [4.78, 5) is 21.9. The Bertz CT molecular complexity index is 723. The lowest BCUT2D eigenvalue weighted by Crippen LogP contribution is -2.39. The molecule has 130 valence electrons. The highest BCUT2D eigenvalue weighted by molar-refractivity contribution is 6.42. The van der Waals surface area contributed by atoms with Crippen molar-refractivity contribution in [1.29, 1.82) is 0 Å². The first-order valence-electron chi connectivity index (χ1n) is 7.45. The van der Waals surface area contributed by atoms with E-state index in [0.717, 1.165) is 16.9 Å². The van der Waals surface area contributed by atoms with Crippen LogP contribution in [0.15, 0.2) is 12.1 Å². The Morgan fingerprint density at radius 2 is 1.67 bits per heavy atom. The lowest BCUT2D eigenvalue weighted by atomic mass is 10.3. The number of esters is 2. The third kappa shape index (κ3) is 4.19. The number of carbonyl (C=O) groups excluding carboxylic acids is 2. The van der Waals surface area contributed by atoms with Gasteiger partial charge in [-0.3, -0.25) is 9.59 Å². The number of aromatic nitrogens is 2. The van der Waals surface area contributed by atoms with Gasteiger partial charge in [-0.2, -0.15) is 0 Å². The third-order valence-corrected chi connectivity index (χ3v) is 4.34. The largest absolute Gasteiger partial charge is 0.462 e. The lowest BCUT2D eigenvalue weighted by molar-refractivity contribution is -0.679. The number of carbonyl (C=O) groups is 2. The molecule has 1 heterocycles. The molecule has 0 saturated carbocycles. The molecule has 0 atom stereocenters. The summed E-state index contributed by atoms with van der Waals surface area (Å²) in [5.41, 5.74) is 1.74. The number of rotatable bonds is 6. The van der Waals surface area contributed by atoms with E-state index >= 15 is 0 Å². The van der Waals surface area contributed by atoms with Gasteiger partial charge in [-0.25, -0.2) is 9.13 Å². The van der Waals surface area contributed by atoms with Gasteiger partial charge in [-0.05, 0) is 0 Å². The van der Waals surface area contributed by atoms with Crippen molar-refractivity contribution < 1.29 is 23.6 Å². The molecule has 0 saturated heterocycles. The van der Waals surface area contributed by atoms with Crippen LogP contribution in [-0.2, 0) is 32.2 Å². The molecule has 0 aliphatic heterocycles. The summed E-state index contributed by atoms with van der Waals surface area (Å²) in [6.45, 7) is 6.16. The van der Waals surface area contributed by atoms with E-state index in [4.69, 9.17) is 32.7 Å². The Morgan fingerprint density at radius 1 is 1.08 bits per heavy atom. The highest BCUT2D eigenvalue weighted by Crippen LogP contribution is 2.27. The zero-order chi connectivity index (χ0) is 17.9. The van der Waals surface area contributed by atoms with Crippen molar-refractivity contribution in [3.63, 3.8) is 0 Å². The summed E-state index contributed by atoms with van der Waals surface area (Å²) < 4.78 is 14.0. The minimum absolute atomic E-state index is 0.254. The van der Waals surface area contributed by atoms with Crippen LogP contribution >= 0.6 is 23.2 Å². The number of hydrogen-bond donors (Lipinski definition) is 0. The van der Waals surface area contributed by atoms with E-state index in [-0.39, 0.29) is 25.2 Å². The van der Waals surface area contributed by atoms with E-state index in [2.05, 4.69) is 0 Å². The van der Waals surface area contributed by atoms with Crippen molar-refractivity contribution in [3.8, 4) is 0 Å². The Morgan fingerprint density at radius 3 is 2.29 bits per heavy atom. The lowest BCUT2D eigenvalue weighted by Gasteiger charge is -2.03. The van der Waals surface area contributed by atoms with Crippen LogP contribution in [0.25, 0.3) is 11.0 Å². The summed E-state index contributed by atoms with van der Waals surface area (Å²) in [5.74, 6) is 0.267. The van der Waals surface area contributed by atoms with Gasteiger partial charge in [-0.1, -0.05) is 23.2 Å². The molecule has 0 unspecified atom stereocenters. The number of ether oxygens (including phenoxy) is 2. The molecule has 6 nitrogen and oxygen atoms in total. The minimum Gasteiger partial charge on any atom is -0.462 e. The van der Waals surface area contributed by atoms with Gasteiger partial charge in [0.1, 0.15) is 26.3 Å². The maximum Gasteiger partial charge on any atom is 0.302 e. The van der Waals surface area contributed by atoms with Gasteiger partial charge < -0.3 is 9.47 Å². The molecule has 0 bridgehead atoms. The zero-order valence-electron chi connectivity index (χ0n) is 13.8. The van der Waals surface area contributed by atoms with Crippen LogP contribution in [-0.4, -0.2) is 29.7 Å². The van der Waals surface area contributed by atoms with Crippen molar-refractivity contribution in [1.82, 2.24) is 4.57 Å². The van der Waals surface area contributed by atoms with Crippen LogP contribution in [0.2, 0.25) is 10.0 Å². The first-order chi connectivity index (χ1) is 11.3. The van der Waals surface area contributed by atoms with Crippen LogP contribution in [0.1, 0.15) is 19.7 Å². The quantitative estimate of drug-likeness (QED) is 0.576. The second kappa shape index (κ2) is 7.85. The maximum absolute atomic E-state index is 11.0. The molecular formula is C16H19Cl2N2O4+. The van der Waals surface area contributed by atoms with E-state index in [1.807, 2.05) is 16.1 Å². The molecule has 0 aliphatic rings. The molecule has 0 fully saturated rings. The second-order valence-corrected chi connectivity index (χ2v) is 6.10. The Balaban J connectivity index is 2.40. The second-order valence-electron chi connectivity index (χ2n) is 5.29. The normalized spacial score (nSPS) is 10.9. The fourth-order valence-electron chi connectivity index (χ4n) is 2.58.